The standard InChI is InChI=1S/C23H30N4O3/c1-23(2,3)30-22(29)27-11-9-19(10-12-27)25-14-16-7-8-20(26-15-16)17-5-4-6-18(13-17)21(24)28/h4-8,13,15,19,25H,9-12,14H2,1-3H3,(H2,24,28). The van der Waals surface area contributed by atoms with Crippen LogP contribution in [0.5, 0.6) is 0 Å². The zero-order valence-corrected chi connectivity index (χ0v) is 17.9. The van der Waals surface area contributed by atoms with Crippen LogP contribution >= 0.6 is 0 Å². The van der Waals surface area contributed by atoms with Gasteiger partial charge in [-0.25, -0.2) is 4.79 Å². The van der Waals surface area contributed by atoms with E-state index in [-0.39, 0.29) is 6.09 Å². The summed E-state index contributed by atoms with van der Waals surface area (Å²) in [6.07, 6.45) is 3.39. The van der Waals surface area contributed by atoms with Gasteiger partial charge < -0.3 is 20.7 Å². The Bertz CT molecular complexity index is 882. The van der Waals surface area contributed by atoms with Crippen molar-refractivity contribution in [3.63, 3.8) is 0 Å². The summed E-state index contributed by atoms with van der Waals surface area (Å²) in [5, 5.41) is 3.55. The number of likely N-dealkylation sites (tertiary alicyclic amines) is 1. The molecule has 1 fully saturated rings. The van der Waals surface area contributed by atoms with Gasteiger partial charge in [0, 0.05) is 43.0 Å². The summed E-state index contributed by atoms with van der Waals surface area (Å²) in [4.78, 5) is 29.8. The Balaban J connectivity index is 1.49. The molecule has 1 aromatic heterocycles. The third-order valence-corrected chi connectivity index (χ3v) is 5.01. The minimum Gasteiger partial charge on any atom is -0.444 e. The van der Waals surface area contributed by atoms with Crippen LogP contribution in [0, 0.1) is 0 Å². The van der Waals surface area contributed by atoms with Crippen LogP contribution in [0.15, 0.2) is 42.6 Å². The zero-order chi connectivity index (χ0) is 21.7. The van der Waals surface area contributed by atoms with Crippen molar-refractivity contribution in [2.75, 3.05) is 13.1 Å². The van der Waals surface area contributed by atoms with Crippen molar-refractivity contribution in [2.24, 2.45) is 5.73 Å². The molecule has 0 spiro atoms. The maximum Gasteiger partial charge on any atom is 0.410 e. The van der Waals surface area contributed by atoms with E-state index in [1.54, 1.807) is 23.1 Å². The number of aromatic nitrogens is 1. The number of ether oxygens (including phenoxy) is 1. The van der Waals surface area contributed by atoms with Crippen molar-refractivity contribution in [3.05, 3.63) is 53.7 Å². The van der Waals surface area contributed by atoms with Gasteiger partial charge in [-0.1, -0.05) is 18.2 Å². The molecular weight excluding hydrogens is 380 g/mol. The van der Waals surface area contributed by atoms with Crippen molar-refractivity contribution < 1.29 is 14.3 Å². The maximum absolute atomic E-state index is 12.2. The summed E-state index contributed by atoms with van der Waals surface area (Å²) in [5.74, 6) is -0.449. The highest BCUT2D eigenvalue weighted by molar-refractivity contribution is 5.93. The first kappa shape index (κ1) is 21.8. The van der Waals surface area contributed by atoms with Crippen LogP contribution < -0.4 is 11.1 Å². The molecule has 0 aliphatic carbocycles. The number of primary amides is 1. The number of hydrogen-bond donors (Lipinski definition) is 2. The first-order valence-electron chi connectivity index (χ1n) is 10.3. The van der Waals surface area contributed by atoms with E-state index in [4.69, 9.17) is 10.5 Å². The number of nitrogens with zero attached hydrogens (tertiary/aromatic N) is 2. The van der Waals surface area contributed by atoms with Crippen LogP contribution in [0.25, 0.3) is 11.3 Å². The molecule has 30 heavy (non-hydrogen) atoms. The van der Waals surface area contributed by atoms with Gasteiger partial charge in [0.25, 0.3) is 0 Å². The molecule has 160 valence electrons. The summed E-state index contributed by atoms with van der Waals surface area (Å²) in [5.41, 5.74) is 8.10. The van der Waals surface area contributed by atoms with Gasteiger partial charge in [-0.05, 0) is 57.4 Å². The molecule has 7 nitrogen and oxygen atoms in total. The van der Waals surface area contributed by atoms with E-state index in [9.17, 15) is 9.59 Å². The molecule has 0 unspecified atom stereocenters. The third kappa shape index (κ3) is 6.03. The molecule has 3 N–H and O–H groups in total. The second kappa shape index (κ2) is 9.26. The summed E-state index contributed by atoms with van der Waals surface area (Å²) < 4.78 is 5.44. The summed E-state index contributed by atoms with van der Waals surface area (Å²) in [6.45, 7) is 7.75. The lowest BCUT2D eigenvalue weighted by atomic mass is 10.0. The summed E-state index contributed by atoms with van der Waals surface area (Å²) in [6, 6.07) is 11.5. The number of benzene rings is 1. The van der Waals surface area contributed by atoms with E-state index in [1.165, 1.54) is 0 Å². The Morgan fingerprint density at radius 3 is 2.53 bits per heavy atom. The molecule has 0 atom stereocenters. The Morgan fingerprint density at radius 1 is 1.20 bits per heavy atom. The van der Waals surface area contributed by atoms with Gasteiger partial charge in [-0.3, -0.25) is 9.78 Å². The van der Waals surface area contributed by atoms with Crippen molar-refractivity contribution >= 4 is 12.0 Å². The fourth-order valence-corrected chi connectivity index (χ4v) is 3.39. The minimum absolute atomic E-state index is 0.235. The highest BCUT2D eigenvalue weighted by Gasteiger charge is 2.26. The van der Waals surface area contributed by atoms with E-state index in [0.717, 1.165) is 29.7 Å². The maximum atomic E-state index is 12.2. The molecule has 1 aromatic carbocycles. The Hall–Kier alpha value is -2.93. The van der Waals surface area contributed by atoms with Gasteiger partial charge >= 0.3 is 6.09 Å². The molecule has 1 saturated heterocycles. The predicted molar refractivity (Wildman–Crippen MR) is 116 cm³/mol. The largest absolute Gasteiger partial charge is 0.444 e. The average molecular weight is 411 g/mol. The zero-order valence-electron chi connectivity index (χ0n) is 17.9. The molecule has 2 aromatic rings. The van der Waals surface area contributed by atoms with Gasteiger partial charge in [-0.15, -0.1) is 0 Å². The number of amides is 2. The van der Waals surface area contributed by atoms with Gasteiger partial charge in [0.05, 0.1) is 5.69 Å². The predicted octanol–water partition coefficient (Wildman–Crippen LogP) is 3.34. The van der Waals surface area contributed by atoms with Crippen molar-refractivity contribution in [1.82, 2.24) is 15.2 Å². The highest BCUT2D eigenvalue weighted by atomic mass is 16.6. The molecule has 0 bridgehead atoms. The van der Waals surface area contributed by atoms with Gasteiger partial charge in [0.1, 0.15) is 5.60 Å². The van der Waals surface area contributed by atoms with E-state index in [2.05, 4.69) is 10.3 Å². The second-order valence-corrected chi connectivity index (χ2v) is 8.62. The summed E-state index contributed by atoms with van der Waals surface area (Å²) >= 11 is 0. The smallest absolute Gasteiger partial charge is 0.410 e. The SMILES string of the molecule is CC(C)(C)OC(=O)N1CCC(NCc2ccc(-c3cccc(C(N)=O)c3)nc2)CC1. The second-order valence-electron chi connectivity index (χ2n) is 8.62. The quantitative estimate of drug-likeness (QED) is 0.788. The van der Waals surface area contributed by atoms with E-state index >= 15 is 0 Å². The normalized spacial score (nSPS) is 15.1. The Morgan fingerprint density at radius 2 is 1.93 bits per heavy atom. The molecule has 0 radical (unpaired) electrons. The number of piperidine rings is 1. The number of nitrogens with one attached hydrogen (secondary N) is 1. The highest BCUT2D eigenvalue weighted by Crippen LogP contribution is 2.19. The van der Waals surface area contributed by atoms with Crippen LogP contribution in [-0.2, 0) is 11.3 Å². The lowest BCUT2D eigenvalue weighted by Gasteiger charge is -2.33. The number of pyridine rings is 1. The molecule has 3 rings (SSSR count). The van der Waals surface area contributed by atoms with Gasteiger partial charge in [0.15, 0.2) is 0 Å². The van der Waals surface area contributed by atoms with Crippen LogP contribution in [0.1, 0.15) is 49.5 Å². The average Bonchev–Trinajstić information content (AvgIpc) is 2.72. The Labute approximate surface area is 177 Å². The number of carbonyl (C=O) groups is 2. The van der Waals surface area contributed by atoms with Crippen LogP contribution in [0.2, 0.25) is 0 Å². The molecular formula is C23H30N4O3. The number of rotatable bonds is 5. The fraction of sp³-hybridized carbons (Fsp3) is 0.435. The van der Waals surface area contributed by atoms with Gasteiger partial charge in [-0.2, -0.15) is 0 Å². The van der Waals surface area contributed by atoms with E-state index in [0.29, 0.717) is 31.2 Å². The molecule has 2 amide bonds. The molecule has 1 aliphatic rings. The topological polar surface area (TPSA) is 97.5 Å². The van der Waals surface area contributed by atoms with E-state index < -0.39 is 11.5 Å². The first-order chi connectivity index (χ1) is 14.2. The number of hydrogen-bond acceptors (Lipinski definition) is 5. The Kier molecular flexibility index (Phi) is 6.72. The lowest BCUT2D eigenvalue weighted by molar-refractivity contribution is 0.0198. The summed E-state index contributed by atoms with van der Waals surface area (Å²) in [7, 11) is 0. The fourth-order valence-electron chi connectivity index (χ4n) is 3.39. The van der Waals surface area contributed by atoms with E-state index in [1.807, 2.05) is 45.2 Å². The van der Waals surface area contributed by atoms with Crippen molar-refractivity contribution in [3.8, 4) is 11.3 Å². The third-order valence-electron chi connectivity index (χ3n) is 5.01. The lowest BCUT2D eigenvalue weighted by Crippen LogP contribution is -2.46. The van der Waals surface area contributed by atoms with Gasteiger partial charge in [0.2, 0.25) is 5.91 Å². The first-order valence-corrected chi connectivity index (χ1v) is 10.3. The molecule has 0 saturated carbocycles. The van der Waals surface area contributed by atoms with Crippen LogP contribution in [-0.4, -0.2) is 46.6 Å². The van der Waals surface area contributed by atoms with Crippen LogP contribution in [0.4, 0.5) is 4.79 Å². The molecule has 1 aliphatic heterocycles. The molecule has 7 heteroatoms. The van der Waals surface area contributed by atoms with Crippen LogP contribution in [0.3, 0.4) is 0 Å². The number of carbonyl (C=O) groups excluding carboxylic acids is 2. The molecule has 2 heterocycles. The van der Waals surface area contributed by atoms with Crippen molar-refractivity contribution in [2.45, 2.75) is 51.8 Å². The minimum atomic E-state index is -0.466. The number of nitrogens with two attached hydrogens (primary N) is 1. The monoisotopic (exact) mass is 410 g/mol. The van der Waals surface area contributed by atoms with Crippen molar-refractivity contribution in [1.29, 1.82) is 0 Å².